The van der Waals surface area contributed by atoms with E-state index in [-0.39, 0.29) is 17.7 Å². The van der Waals surface area contributed by atoms with Gasteiger partial charge in [-0.25, -0.2) is 4.79 Å². The van der Waals surface area contributed by atoms with Gasteiger partial charge in [-0.1, -0.05) is 60.7 Å². The van der Waals surface area contributed by atoms with Crippen molar-refractivity contribution >= 4 is 28.8 Å². The van der Waals surface area contributed by atoms with Crippen molar-refractivity contribution in [2.24, 2.45) is 0 Å². The molecule has 3 aromatic carbocycles. The van der Waals surface area contributed by atoms with Crippen molar-refractivity contribution < 1.29 is 14.6 Å². The van der Waals surface area contributed by atoms with Crippen LogP contribution in [0.4, 0.5) is 4.79 Å². The quantitative estimate of drug-likeness (QED) is 0.341. The Bertz CT molecular complexity index is 1290. The maximum atomic E-state index is 12.5. The molecule has 0 saturated heterocycles. The number of hydrogen-bond donors (Lipinski definition) is 2. The maximum Gasteiger partial charge on any atom is 0.407 e. The highest BCUT2D eigenvalue weighted by Gasteiger charge is 2.29. The first-order valence-electron chi connectivity index (χ1n) is 11.4. The SMILES string of the molecule is CC(CSCc1ccc(O)c2ncccc12)NC(=O)OCC1c2ccccc2-c2ccccc21. The summed E-state index contributed by atoms with van der Waals surface area (Å²) in [6.45, 7) is 2.29. The molecule has 5 rings (SSSR count). The summed E-state index contributed by atoms with van der Waals surface area (Å²) in [7, 11) is 0. The Kier molecular flexibility index (Phi) is 6.41. The highest BCUT2D eigenvalue weighted by molar-refractivity contribution is 7.98. The lowest BCUT2D eigenvalue weighted by Crippen LogP contribution is -2.35. The van der Waals surface area contributed by atoms with E-state index in [9.17, 15) is 9.90 Å². The minimum absolute atomic E-state index is 0.0397. The van der Waals surface area contributed by atoms with Crippen LogP contribution < -0.4 is 5.32 Å². The summed E-state index contributed by atoms with van der Waals surface area (Å²) in [5, 5.41) is 13.9. The van der Waals surface area contributed by atoms with Crippen LogP contribution in [0, 0.1) is 0 Å². The van der Waals surface area contributed by atoms with Gasteiger partial charge in [0.05, 0.1) is 0 Å². The van der Waals surface area contributed by atoms with E-state index >= 15 is 0 Å². The third-order valence-corrected chi connectivity index (χ3v) is 7.42. The van der Waals surface area contributed by atoms with Gasteiger partial charge in [0, 0.05) is 35.0 Å². The van der Waals surface area contributed by atoms with Gasteiger partial charge in [-0.2, -0.15) is 11.8 Å². The van der Waals surface area contributed by atoms with Crippen molar-refractivity contribution in [1.82, 2.24) is 10.3 Å². The number of nitrogens with one attached hydrogen (secondary N) is 1. The Morgan fingerprint density at radius 3 is 2.47 bits per heavy atom. The van der Waals surface area contributed by atoms with Crippen molar-refractivity contribution in [2.75, 3.05) is 12.4 Å². The highest BCUT2D eigenvalue weighted by atomic mass is 32.2. The van der Waals surface area contributed by atoms with Gasteiger partial charge >= 0.3 is 6.09 Å². The largest absolute Gasteiger partial charge is 0.506 e. The van der Waals surface area contributed by atoms with Crippen molar-refractivity contribution in [3.05, 3.63) is 95.7 Å². The number of aromatic hydroxyl groups is 1. The molecule has 5 nitrogen and oxygen atoms in total. The van der Waals surface area contributed by atoms with Crippen LogP contribution in [-0.2, 0) is 10.5 Å². The third-order valence-electron chi connectivity index (χ3n) is 6.17. The number of hydrogen-bond acceptors (Lipinski definition) is 5. The molecular formula is C28H26N2O3S. The van der Waals surface area contributed by atoms with Crippen LogP contribution in [0.2, 0.25) is 0 Å². The van der Waals surface area contributed by atoms with Crippen LogP contribution in [0.25, 0.3) is 22.0 Å². The molecular weight excluding hydrogens is 444 g/mol. The lowest BCUT2D eigenvalue weighted by molar-refractivity contribution is 0.140. The lowest BCUT2D eigenvalue weighted by atomic mass is 9.98. The van der Waals surface area contributed by atoms with Crippen molar-refractivity contribution in [3.63, 3.8) is 0 Å². The third kappa shape index (κ3) is 4.46. The number of carbonyl (C=O) groups is 1. The van der Waals surface area contributed by atoms with Crippen LogP contribution in [-0.4, -0.2) is 34.6 Å². The number of alkyl carbamates (subject to hydrolysis) is 1. The second kappa shape index (κ2) is 9.77. The average Bonchev–Trinajstić information content (AvgIpc) is 3.18. The van der Waals surface area contributed by atoms with E-state index in [1.54, 1.807) is 24.0 Å². The maximum absolute atomic E-state index is 12.5. The van der Waals surface area contributed by atoms with Gasteiger partial charge in [-0.3, -0.25) is 4.98 Å². The molecule has 1 aromatic heterocycles. The Morgan fingerprint density at radius 1 is 1.03 bits per heavy atom. The predicted molar refractivity (Wildman–Crippen MR) is 137 cm³/mol. The number of carbonyl (C=O) groups excluding carboxylic acids is 1. The summed E-state index contributed by atoms with van der Waals surface area (Å²) in [5.41, 5.74) is 6.57. The van der Waals surface area contributed by atoms with E-state index in [4.69, 9.17) is 4.74 Å². The topological polar surface area (TPSA) is 71.5 Å². The molecule has 172 valence electrons. The van der Waals surface area contributed by atoms with Crippen molar-refractivity contribution in [3.8, 4) is 16.9 Å². The molecule has 34 heavy (non-hydrogen) atoms. The van der Waals surface area contributed by atoms with Crippen LogP contribution in [0.1, 0.15) is 29.5 Å². The second-order valence-corrected chi connectivity index (χ2v) is 9.56. The number of aromatic nitrogens is 1. The molecule has 0 radical (unpaired) electrons. The number of nitrogens with zero attached hydrogens (tertiary/aromatic N) is 1. The van der Waals surface area contributed by atoms with Gasteiger partial charge in [0.1, 0.15) is 17.9 Å². The number of fused-ring (bicyclic) bond motifs is 4. The molecule has 1 aliphatic rings. The first-order chi connectivity index (χ1) is 16.6. The number of ether oxygens (including phenoxy) is 1. The zero-order chi connectivity index (χ0) is 23.5. The number of phenols is 1. The molecule has 1 amide bonds. The van der Waals surface area contributed by atoms with Crippen molar-refractivity contribution in [2.45, 2.75) is 24.6 Å². The molecule has 4 aromatic rings. The molecule has 6 heteroatoms. The summed E-state index contributed by atoms with van der Waals surface area (Å²) in [6, 6.07) is 24.0. The predicted octanol–water partition coefficient (Wildman–Crippen LogP) is 6.10. The van der Waals surface area contributed by atoms with E-state index in [0.717, 1.165) is 22.5 Å². The van der Waals surface area contributed by atoms with Crippen LogP contribution in [0.5, 0.6) is 5.75 Å². The smallest absolute Gasteiger partial charge is 0.407 e. The molecule has 0 bridgehead atoms. The van der Waals surface area contributed by atoms with E-state index in [1.807, 2.05) is 49.4 Å². The van der Waals surface area contributed by atoms with Gasteiger partial charge in [0.15, 0.2) is 0 Å². The Labute approximate surface area is 203 Å². The van der Waals surface area contributed by atoms with E-state index in [0.29, 0.717) is 12.1 Å². The fourth-order valence-electron chi connectivity index (χ4n) is 4.57. The number of amides is 1. The number of phenolic OH excluding ortho intramolecular Hbond substituents is 1. The second-order valence-electron chi connectivity index (χ2n) is 8.53. The lowest BCUT2D eigenvalue weighted by Gasteiger charge is -2.17. The molecule has 1 atom stereocenters. The van der Waals surface area contributed by atoms with Gasteiger partial charge in [0.2, 0.25) is 0 Å². The van der Waals surface area contributed by atoms with Gasteiger partial charge < -0.3 is 15.2 Å². The molecule has 0 fully saturated rings. The van der Waals surface area contributed by atoms with Crippen LogP contribution in [0.15, 0.2) is 79.0 Å². The molecule has 0 saturated carbocycles. The summed E-state index contributed by atoms with van der Waals surface area (Å²) >= 11 is 1.72. The number of rotatable bonds is 7. The van der Waals surface area contributed by atoms with Gasteiger partial charge in [0.25, 0.3) is 0 Å². The normalized spacial score (nSPS) is 13.3. The molecule has 1 heterocycles. The molecule has 1 aliphatic carbocycles. The standard InChI is InChI=1S/C28H26N2O3S/c1-18(16-34-17-19-12-13-26(31)27-20(19)11-6-14-29-27)30-28(32)33-15-25-23-9-4-2-7-21(23)22-8-3-5-10-24(22)25/h2-14,18,25,31H,15-17H2,1H3,(H,30,32). The molecule has 0 spiro atoms. The molecule has 1 unspecified atom stereocenters. The molecule has 0 aliphatic heterocycles. The number of benzene rings is 3. The first-order valence-corrected chi connectivity index (χ1v) is 12.5. The number of pyridine rings is 1. The van der Waals surface area contributed by atoms with Crippen LogP contribution in [0.3, 0.4) is 0 Å². The summed E-state index contributed by atoms with van der Waals surface area (Å²) in [6.07, 6.45) is 1.29. The van der Waals surface area contributed by atoms with Gasteiger partial charge in [-0.05, 0) is 46.9 Å². The fourth-order valence-corrected chi connectivity index (χ4v) is 5.60. The Morgan fingerprint density at radius 2 is 1.74 bits per heavy atom. The summed E-state index contributed by atoms with van der Waals surface area (Å²) in [5.74, 6) is 1.75. The summed E-state index contributed by atoms with van der Waals surface area (Å²) in [4.78, 5) is 16.8. The monoisotopic (exact) mass is 470 g/mol. The fraction of sp³-hybridized carbons (Fsp3) is 0.214. The first kappa shape index (κ1) is 22.3. The minimum atomic E-state index is -0.394. The van der Waals surface area contributed by atoms with E-state index in [2.05, 4.69) is 34.6 Å². The Hall–Kier alpha value is -3.51. The zero-order valence-corrected chi connectivity index (χ0v) is 19.7. The van der Waals surface area contributed by atoms with E-state index in [1.165, 1.54) is 22.3 Å². The van der Waals surface area contributed by atoms with E-state index < -0.39 is 6.09 Å². The average molecular weight is 471 g/mol. The van der Waals surface area contributed by atoms with Crippen LogP contribution >= 0.6 is 11.8 Å². The highest BCUT2D eigenvalue weighted by Crippen LogP contribution is 2.44. The summed E-state index contributed by atoms with van der Waals surface area (Å²) < 4.78 is 5.65. The van der Waals surface area contributed by atoms with Gasteiger partial charge in [-0.15, -0.1) is 0 Å². The zero-order valence-electron chi connectivity index (χ0n) is 18.9. The molecule has 2 N–H and O–H groups in total. The minimum Gasteiger partial charge on any atom is -0.506 e. The number of thioether (sulfide) groups is 1. The Balaban J connectivity index is 1.14. The van der Waals surface area contributed by atoms with Crippen molar-refractivity contribution in [1.29, 1.82) is 0 Å².